The average molecular weight is 359 g/mol. The molecule has 1 aromatic rings. The number of anilines is 1. The number of aromatic nitrogens is 1. The van der Waals surface area contributed by atoms with Gasteiger partial charge < -0.3 is 9.80 Å². The summed E-state index contributed by atoms with van der Waals surface area (Å²) in [7, 11) is 0. The zero-order valence-corrected chi connectivity index (χ0v) is 14.1. The molecule has 0 spiro atoms. The van der Waals surface area contributed by atoms with Crippen LogP contribution in [0.25, 0.3) is 0 Å². The second-order valence-electron chi connectivity index (χ2n) is 6.96. The van der Waals surface area contributed by atoms with Crippen molar-refractivity contribution in [2.24, 2.45) is 11.8 Å². The van der Waals surface area contributed by atoms with Gasteiger partial charge in [-0.05, 0) is 31.6 Å². The van der Waals surface area contributed by atoms with Crippen molar-refractivity contribution in [3.05, 3.63) is 23.5 Å². The number of pyridine rings is 1. The maximum absolute atomic E-state index is 13.9. The van der Waals surface area contributed by atoms with E-state index in [1.54, 1.807) is 0 Å². The molecule has 1 amide bonds. The molecule has 0 aliphatic carbocycles. The highest BCUT2D eigenvalue weighted by atomic mass is 19.2. The standard InChI is InChI=1S/C17H21F4N3O/c1-10-3-2-6-24(9-10)17(25)11-4-7-23(8-5-11)14-12(18)15(20)22-16(21)13(14)19/h10-11H,2-9H2,1H3. The Morgan fingerprint density at radius 1 is 1.00 bits per heavy atom. The number of hydrogen-bond acceptors (Lipinski definition) is 3. The highest BCUT2D eigenvalue weighted by Gasteiger charge is 2.33. The second-order valence-corrected chi connectivity index (χ2v) is 6.96. The number of hydrogen-bond donors (Lipinski definition) is 0. The van der Waals surface area contributed by atoms with Gasteiger partial charge in [0.15, 0.2) is 0 Å². The van der Waals surface area contributed by atoms with Gasteiger partial charge in [0.2, 0.25) is 17.5 Å². The van der Waals surface area contributed by atoms with E-state index in [-0.39, 0.29) is 24.9 Å². The van der Waals surface area contributed by atoms with E-state index >= 15 is 0 Å². The fourth-order valence-corrected chi connectivity index (χ4v) is 3.75. The van der Waals surface area contributed by atoms with E-state index in [9.17, 15) is 22.4 Å². The summed E-state index contributed by atoms with van der Waals surface area (Å²) in [6.45, 7) is 3.92. The van der Waals surface area contributed by atoms with E-state index in [1.165, 1.54) is 4.90 Å². The number of carbonyl (C=O) groups excluding carboxylic acids is 1. The minimum Gasteiger partial charge on any atom is -0.366 e. The van der Waals surface area contributed by atoms with Crippen molar-refractivity contribution < 1.29 is 22.4 Å². The molecule has 1 atom stereocenters. The fourth-order valence-electron chi connectivity index (χ4n) is 3.75. The fraction of sp³-hybridized carbons (Fsp3) is 0.647. The smallest absolute Gasteiger partial charge is 0.253 e. The van der Waals surface area contributed by atoms with Crippen molar-refractivity contribution in [3.8, 4) is 0 Å². The number of likely N-dealkylation sites (tertiary alicyclic amines) is 1. The summed E-state index contributed by atoms with van der Waals surface area (Å²) in [6.07, 6.45) is 2.89. The molecule has 2 aliphatic rings. The van der Waals surface area contributed by atoms with Crippen LogP contribution in [0.5, 0.6) is 0 Å². The van der Waals surface area contributed by atoms with Crippen LogP contribution >= 0.6 is 0 Å². The molecule has 0 radical (unpaired) electrons. The van der Waals surface area contributed by atoms with Gasteiger partial charge in [-0.1, -0.05) is 6.92 Å². The maximum Gasteiger partial charge on any atom is 0.253 e. The first kappa shape index (κ1) is 17.9. The molecule has 0 N–H and O–H groups in total. The van der Waals surface area contributed by atoms with Crippen LogP contribution in [0.3, 0.4) is 0 Å². The van der Waals surface area contributed by atoms with Gasteiger partial charge in [0, 0.05) is 32.1 Å². The molecule has 3 rings (SSSR count). The van der Waals surface area contributed by atoms with Gasteiger partial charge in [0.25, 0.3) is 11.9 Å². The largest absolute Gasteiger partial charge is 0.366 e. The molecule has 8 heteroatoms. The molecule has 1 unspecified atom stereocenters. The number of carbonyl (C=O) groups is 1. The Morgan fingerprint density at radius 3 is 2.16 bits per heavy atom. The van der Waals surface area contributed by atoms with Gasteiger partial charge in [0.05, 0.1) is 0 Å². The SMILES string of the molecule is CC1CCCN(C(=O)C2CCN(c3c(F)c(F)nc(F)c3F)CC2)C1. The van der Waals surface area contributed by atoms with Gasteiger partial charge in [0.1, 0.15) is 5.69 Å². The topological polar surface area (TPSA) is 36.4 Å². The molecular formula is C17H21F4N3O. The van der Waals surface area contributed by atoms with Crippen molar-refractivity contribution in [3.63, 3.8) is 0 Å². The van der Waals surface area contributed by atoms with Gasteiger partial charge in [-0.25, -0.2) is 0 Å². The zero-order chi connectivity index (χ0) is 18.1. The van der Waals surface area contributed by atoms with Gasteiger partial charge in [-0.2, -0.15) is 22.5 Å². The maximum atomic E-state index is 13.9. The van der Waals surface area contributed by atoms with Gasteiger partial charge >= 0.3 is 0 Å². The van der Waals surface area contributed by atoms with E-state index in [4.69, 9.17) is 0 Å². The highest BCUT2D eigenvalue weighted by molar-refractivity contribution is 5.79. The third kappa shape index (κ3) is 3.57. The van der Waals surface area contributed by atoms with Gasteiger partial charge in [-0.15, -0.1) is 0 Å². The van der Waals surface area contributed by atoms with Gasteiger partial charge in [-0.3, -0.25) is 4.79 Å². The van der Waals surface area contributed by atoms with Crippen molar-refractivity contribution in [2.75, 3.05) is 31.1 Å². The zero-order valence-electron chi connectivity index (χ0n) is 14.1. The first-order chi connectivity index (χ1) is 11.9. The van der Waals surface area contributed by atoms with Crippen molar-refractivity contribution in [2.45, 2.75) is 32.6 Å². The van der Waals surface area contributed by atoms with E-state index in [1.807, 2.05) is 4.90 Å². The Morgan fingerprint density at radius 2 is 1.60 bits per heavy atom. The minimum atomic E-state index is -1.66. The molecule has 2 saturated heterocycles. The number of rotatable bonds is 2. The third-order valence-corrected chi connectivity index (χ3v) is 5.10. The Labute approximate surface area is 143 Å². The van der Waals surface area contributed by atoms with Crippen molar-refractivity contribution >= 4 is 11.6 Å². The summed E-state index contributed by atoms with van der Waals surface area (Å²) < 4.78 is 54.3. The molecule has 2 aliphatic heterocycles. The normalized spacial score (nSPS) is 22.4. The van der Waals surface area contributed by atoms with E-state index in [2.05, 4.69) is 11.9 Å². The minimum absolute atomic E-state index is 0.0687. The van der Waals surface area contributed by atoms with Crippen molar-refractivity contribution in [1.29, 1.82) is 0 Å². The number of halogens is 4. The first-order valence-corrected chi connectivity index (χ1v) is 8.62. The highest BCUT2D eigenvalue weighted by Crippen LogP contribution is 2.31. The first-order valence-electron chi connectivity index (χ1n) is 8.62. The molecular weight excluding hydrogens is 338 g/mol. The molecule has 1 aromatic heterocycles. The lowest BCUT2D eigenvalue weighted by atomic mass is 9.92. The average Bonchev–Trinajstić information content (AvgIpc) is 2.60. The predicted molar refractivity (Wildman–Crippen MR) is 84.0 cm³/mol. The van der Waals surface area contributed by atoms with Crippen LogP contribution in [0.4, 0.5) is 23.2 Å². The van der Waals surface area contributed by atoms with Crippen LogP contribution in [-0.2, 0) is 4.79 Å². The summed E-state index contributed by atoms with van der Waals surface area (Å²) >= 11 is 0. The molecule has 3 heterocycles. The Balaban J connectivity index is 1.67. The molecule has 2 fully saturated rings. The second kappa shape index (κ2) is 7.17. The predicted octanol–water partition coefficient (Wildman–Crippen LogP) is 3.11. The molecule has 0 bridgehead atoms. The van der Waals surface area contributed by atoms with E-state index in [0.29, 0.717) is 18.8 Å². The molecule has 4 nitrogen and oxygen atoms in total. The summed E-state index contributed by atoms with van der Waals surface area (Å²) in [6, 6.07) is 0. The van der Waals surface area contributed by atoms with Crippen LogP contribution in [0.1, 0.15) is 32.6 Å². The van der Waals surface area contributed by atoms with Crippen LogP contribution in [0, 0.1) is 35.4 Å². The third-order valence-electron chi connectivity index (χ3n) is 5.10. The van der Waals surface area contributed by atoms with E-state index in [0.717, 1.165) is 25.9 Å². The molecule has 25 heavy (non-hydrogen) atoms. The summed E-state index contributed by atoms with van der Waals surface area (Å²) in [4.78, 5) is 18.3. The molecule has 138 valence electrons. The molecule has 0 aromatic carbocycles. The van der Waals surface area contributed by atoms with E-state index < -0.39 is 29.2 Å². The summed E-state index contributed by atoms with van der Waals surface area (Å²) in [5.74, 6) is -5.97. The van der Waals surface area contributed by atoms with Crippen LogP contribution in [0.2, 0.25) is 0 Å². The Hall–Kier alpha value is -1.86. The van der Waals surface area contributed by atoms with Crippen LogP contribution in [0.15, 0.2) is 0 Å². The Kier molecular flexibility index (Phi) is 5.15. The lowest BCUT2D eigenvalue weighted by Crippen LogP contribution is -2.46. The lowest BCUT2D eigenvalue weighted by molar-refractivity contribution is -0.137. The summed E-state index contributed by atoms with van der Waals surface area (Å²) in [5, 5.41) is 0. The van der Waals surface area contributed by atoms with Crippen LogP contribution in [-0.4, -0.2) is 42.0 Å². The number of nitrogens with zero attached hydrogens (tertiary/aromatic N) is 3. The van der Waals surface area contributed by atoms with Crippen LogP contribution < -0.4 is 4.90 Å². The number of piperidine rings is 2. The Bertz CT molecular complexity index is 636. The lowest BCUT2D eigenvalue weighted by Gasteiger charge is -2.37. The quantitative estimate of drug-likeness (QED) is 0.601. The monoisotopic (exact) mass is 359 g/mol. The molecule has 0 saturated carbocycles. The van der Waals surface area contributed by atoms with Crippen molar-refractivity contribution in [1.82, 2.24) is 9.88 Å². The summed E-state index contributed by atoms with van der Waals surface area (Å²) in [5.41, 5.74) is -0.734. The number of amides is 1.